The summed E-state index contributed by atoms with van der Waals surface area (Å²) >= 11 is 0. The highest BCUT2D eigenvalue weighted by atomic mass is 15.2. The zero-order valence-corrected chi connectivity index (χ0v) is 13.3. The zero-order chi connectivity index (χ0) is 14.0. The maximum Gasteiger partial charge on any atom is 0.0331 e. The average molecular weight is 254 g/mol. The molecule has 0 amide bonds. The highest BCUT2D eigenvalue weighted by Crippen LogP contribution is 2.26. The van der Waals surface area contributed by atoms with E-state index in [1.807, 2.05) is 6.08 Å². The first-order chi connectivity index (χ1) is 8.60. The van der Waals surface area contributed by atoms with Gasteiger partial charge in [0, 0.05) is 11.6 Å². The van der Waals surface area contributed by atoms with Crippen molar-refractivity contribution >= 4 is 0 Å². The van der Waals surface area contributed by atoms with E-state index in [-0.39, 0.29) is 5.54 Å². The third kappa shape index (κ3) is 4.74. The summed E-state index contributed by atoms with van der Waals surface area (Å²) in [6, 6.07) is 0.556. The highest BCUT2D eigenvalue weighted by molar-refractivity contribution is 4.96. The van der Waals surface area contributed by atoms with Crippen LogP contribution in [0, 0.1) is 0 Å². The Balaban J connectivity index is 4.89. The van der Waals surface area contributed by atoms with Crippen LogP contribution in [0.4, 0.5) is 0 Å². The Morgan fingerprint density at radius 3 is 2.22 bits per heavy atom. The number of hydrogen-bond acceptors (Lipinski definition) is 2. The summed E-state index contributed by atoms with van der Waals surface area (Å²) in [7, 11) is 0. The van der Waals surface area contributed by atoms with Gasteiger partial charge < -0.3 is 5.32 Å². The van der Waals surface area contributed by atoms with E-state index in [2.05, 4.69) is 51.4 Å². The number of nitrogens with zero attached hydrogens (tertiary/aromatic N) is 1. The van der Waals surface area contributed by atoms with Crippen molar-refractivity contribution in [3.63, 3.8) is 0 Å². The number of hydrogen-bond donors (Lipinski definition) is 1. The Kier molecular flexibility index (Phi) is 9.39. The van der Waals surface area contributed by atoms with E-state index < -0.39 is 0 Å². The average Bonchev–Trinajstić information content (AvgIpc) is 2.39. The minimum Gasteiger partial charge on any atom is -0.312 e. The van der Waals surface area contributed by atoms with Crippen molar-refractivity contribution in [2.75, 3.05) is 19.6 Å². The van der Waals surface area contributed by atoms with Gasteiger partial charge in [0.2, 0.25) is 0 Å². The molecule has 0 bridgehead atoms. The molecule has 0 saturated heterocycles. The summed E-state index contributed by atoms with van der Waals surface area (Å²) in [6.07, 6.45) is 6.71. The first-order valence-corrected chi connectivity index (χ1v) is 7.69. The van der Waals surface area contributed by atoms with Crippen molar-refractivity contribution in [1.82, 2.24) is 10.2 Å². The van der Waals surface area contributed by atoms with Crippen LogP contribution in [0.1, 0.15) is 60.3 Å². The van der Waals surface area contributed by atoms with Crippen molar-refractivity contribution in [2.24, 2.45) is 0 Å². The molecule has 108 valence electrons. The molecule has 0 heterocycles. The fourth-order valence-electron chi connectivity index (χ4n) is 2.87. The first-order valence-electron chi connectivity index (χ1n) is 7.69. The lowest BCUT2D eigenvalue weighted by molar-refractivity contribution is 0.0671. The molecule has 2 nitrogen and oxygen atoms in total. The zero-order valence-electron chi connectivity index (χ0n) is 13.3. The van der Waals surface area contributed by atoms with E-state index in [0.29, 0.717) is 6.04 Å². The molecule has 0 aliphatic heterocycles. The molecular formula is C16H34N2. The summed E-state index contributed by atoms with van der Waals surface area (Å²) < 4.78 is 0. The van der Waals surface area contributed by atoms with E-state index in [1.165, 1.54) is 19.3 Å². The van der Waals surface area contributed by atoms with E-state index in [4.69, 9.17) is 0 Å². The van der Waals surface area contributed by atoms with Gasteiger partial charge in [-0.15, -0.1) is 6.58 Å². The lowest BCUT2D eigenvalue weighted by Gasteiger charge is -2.46. The molecule has 0 radical (unpaired) electrons. The largest absolute Gasteiger partial charge is 0.312 e. The molecule has 0 aromatic heterocycles. The SMILES string of the molecule is C=CCCC(NCCC)C(C)(CC)N(CC)CC. The van der Waals surface area contributed by atoms with Crippen LogP contribution in [-0.2, 0) is 0 Å². The monoisotopic (exact) mass is 254 g/mol. The van der Waals surface area contributed by atoms with Crippen LogP contribution in [0.3, 0.4) is 0 Å². The predicted molar refractivity (Wildman–Crippen MR) is 83.1 cm³/mol. The van der Waals surface area contributed by atoms with Crippen molar-refractivity contribution in [1.29, 1.82) is 0 Å². The second-order valence-corrected chi connectivity index (χ2v) is 5.26. The second-order valence-electron chi connectivity index (χ2n) is 5.26. The molecular weight excluding hydrogens is 220 g/mol. The molecule has 2 heteroatoms. The molecule has 2 atom stereocenters. The predicted octanol–water partition coefficient (Wildman–Crippen LogP) is 3.83. The normalized spacial score (nSPS) is 16.6. The number of allylic oxidation sites excluding steroid dienone is 1. The molecule has 0 fully saturated rings. The van der Waals surface area contributed by atoms with Gasteiger partial charge in [-0.05, 0) is 52.2 Å². The van der Waals surface area contributed by atoms with Gasteiger partial charge in [0.05, 0.1) is 0 Å². The van der Waals surface area contributed by atoms with E-state index in [0.717, 1.165) is 26.1 Å². The molecule has 1 N–H and O–H groups in total. The van der Waals surface area contributed by atoms with Crippen LogP contribution in [0.5, 0.6) is 0 Å². The quantitative estimate of drug-likeness (QED) is 0.564. The fourth-order valence-corrected chi connectivity index (χ4v) is 2.87. The van der Waals surface area contributed by atoms with E-state index >= 15 is 0 Å². The third-order valence-electron chi connectivity index (χ3n) is 4.25. The molecule has 0 spiro atoms. The second kappa shape index (κ2) is 9.57. The summed E-state index contributed by atoms with van der Waals surface area (Å²) in [5, 5.41) is 3.76. The lowest BCUT2D eigenvalue weighted by Crippen LogP contribution is -2.59. The van der Waals surface area contributed by atoms with E-state index in [9.17, 15) is 0 Å². The van der Waals surface area contributed by atoms with Gasteiger partial charge in [-0.1, -0.05) is 33.8 Å². The molecule has 0 aliphatic rings. The smallest absolute Gasteiger partial charge is 0.0331 e. The maximum atomic E-state index is 3.86. The van der Waals surface area contributed by atoms with Gasteiger partial charge in [-0.25, -0.2) is 0 Å². The fraction of sp³-hybridized carbons (Fsp3) is 0.875. The van der Waals surface area contributed by atoms with Crippen molar-refractivity contribution < 1.29 is 0 Å². The molecule has 18 heavy (non-hydrogen) atoms. The van der Waals surface area contributed by atoms with Gasteiger partial charge >= 0.3 is 0 Å². The van der Waals surface area contributed by atoms with Crippen LogP contribution in [0.15, 0.2) is 12.7 Å². The van der Waals surface area contributed by atoms with Crippen LogP contribution < -0.4 is 5.32 Å². The molecule has 0 aromatic rings. The minimum atomic E-state index is 0.252. The molecule has 0 aliphatic carbocycles. The van der Waals surface area contributed by atoms with Gasteiger partial charge in [-0.2, -0.15) is 0 Å². The standard InChI is InChI=1S/C16H34N2/c1-7-12-13-15(17-14-8-2)16(6,9-3)18(10-4)11-5/h7,15,17H,1,8-14H2,2-6H3. The first kappa shape index (κ1) is 17.7. The maximum absolute atomic E-state index is 3.86. The number of nitrogens with one attached hydrogen (secondary N) is 1. The molecule has 2 unspecified atom stereocenters. The molecule has 0 saturated carbocycles. The number of rotatable bonds is 11. The summed E-state index contributed by atoms with van der Waals surface area (Å²) in [6.45, 7) is 18.7. The van der Waals surface area contributed by atoms with Crippen molar-refractivity contribution in [3.05, 3.63) is 12.7 Å². The Hall–Kier alpha value is -0.340. The minimum absolute atomic E-state index is 0.252. The van der Waals surface area contributed by atoms with Gasteiger partial charge in [0.15, 0.2) is 0 Å². The van der Waals surface area contributed by atoms with Crippen LogP contribution in [0.25, 0.3) is 0 Å². The van der Waals surface area contributed by atoms with E-state index in [1.54, 1.807) is 0 Å². The topological polar surface area (TPSA) is 15.3 Å². The summed E-state index contributed by atoms with van der Waals surface area (Å²) in [4.78, 5) is 2.60. The van der Waals surface area contributed by atoms with Crippen LogP contribution >= 0.6 is 0 Å². The summed E-state index contributed by atoms with van der Waals surface area (Å²) in [5.41, 5.74) is 0.252. The lowest BCUT2D eigenvalue weighted by atomic mass is 9.84. The van der Waals surface area contributed by atoms with Crippen LogP contribution in [-0.4, -0.2) is 36.1 Å². The van der Waals surface area contributed by atoms with Crippen molar-refractivity contribution in [2.45, 2.75) is 71.9 Å². The Labute approximate surface area is 115 Å². The van der Waals surface area contributed by atoms with Crippen LogP contribution in [0.2, 0.25) is 0 Å². The molecule has 0 aromatic carbocycles. The number of likely N-dealkylation sites (N-methyl/N-ethyl adjacent to an activating group) is 1. The van der Waals surface area contributed by atoms with Gasteiger partial charge in [0.1, 0.15) is 0 Å². The van der Waals surface area contributed by atoms with Gasteiger partial charge in [0.25, 0.3) is 0 Å². The Bertz CT molecular complexity index is 211. The molecule has 0 rings (SSSR count). The Morgan fingerprint density at radius 2 is 1.83 bits per heavy atom. The Morgan fingerprint density at radius 1 is 1.22 bits per heavy atom. The summed E-state index contributed by atoms with van der Waals surface area (Å²) in [5.74, 6) is 0. The highest BCUT2D eigenvalue weighted by Gasteiger charge is 2.35. The van der Waals surface area contributed by atoms with Gasteiger partial charge in [-0.3, -0.25) is 4.90 Å². The third-order valence-corrected chi connectivity index (χ3v) is 4.25. The van der Waals surface area contributed by atoms with Crippen molar-refractivity contribution in [3.8, 4) is 0 Å².